The SMILES string of the molecule is Cc1ccc(C(/C(Cl)=N/O)c2ccccc2)cc1. The van der Waals surface area contributed by atoms with Gasteiger partial charge in [0.1, 0.15) is 0 Å². The minimum Gasteiger partial charge on any atom is -0.410 e. The topological polar surface area (TPSA) is 32.6 Å². The van der Waals surface area contributed by atoms with Gasteiger partial charge in [-0.3, -0.25) is 0 Å². The van der Waals surface area contributed by atoms with Crippen molar-refractivity contribution in [3.63, 3.8) is 0 Å². The summed E-state index contributed by atoms with van der Waals surface area (Å²) in [4.78, 5) is 0. The van der Waals surface area contributed by atoms with Gasteiger partial charge in [-0.25, -0.2) is 0 Å². The molecule has 0 saturated carbocycles. The van der Waals surface area contributed by atoms with Crippen LogP contribution in [0.5, 0.6) is 0 Å². The first-order valence-corrected chi connectivity index (χ1v) is 6.09. The highest BCUT2D eigenvalue weighted by molar-refractivity contribution is 6.66. The largest absolute Gasteiger partial charge is 0.410 e. The third kappa shape index (κ3) is 2.71. The smallest absolute Gasteiger partial charge is 0.157 e. The highest BCUT2D eigenvalue weighted by Gasteiger charge is 2.19. The van der Waals surface area contributed by atoms with Crippen LogP contribution in [0.1, 0.15) is 22.6 Å². The summed E-state index contributed by atoms with van der Waals surface area (Å²) in [7, 11) is 0. The van der Waals surface area contributed by atoms with Gasteiger partial charge in [0, 0.05) is 0 Å². The van der Waals surface area contributed by atoms with Crippen LogP contribution in [0.15, 0.2) is 59.8 Å². The van der Waals surface area contributed by atoms with Gasteiger partial charge in [-0.05, 0) is 18.1 Å². The summed E-state index contributed by atoms with van der Waals surface area (Å²) < 4.78 is 0. The predicted molar refractivity (Wildman–Crippen MR) is 74.5 cm³/mol. The van der Waals surface area contributed by atoms with Gasteiger partial charge in [0.15, 0.2) is 5.17 Å². The van der Waals surface area contributed by atoms with E-state index in [9.17, 15) is 0 Å². The highest BCUT2D eigenvalue weighted by Crippen LogP contribution is 2.28. The third-order valence-corrected chi connectivity index (χ3v) is 3.17. The van der Waals surface area contributed by atoms with Crippen molar-refractivity contribution in [3.8, 4) is 0 Å². The first-order valence-electron chi connectivity index (χ1n) is 5.71. The molecule has 0 aliphatic carbocycles. The maximum absolute atomic E-state index is 8.94. The van der Waals surface area contributed by atoms with Gasteiger partial charge in [-0.1, -0.05) is 76.9 Å². The minimum absolute atomic E-state index is 0.171. The summed E-state index contributed by atoms with van der Waals surface area (Å²) >= 11 is 6.04. The Hall–Kier alpha value is -1.80. The monoisotopic (exact) mass is 259 g/mol. The van der Waals surface area contributed by atoms with Gasteiger partial charge in [-0.15, -0.1) is 0 Å². The van der Waals surface area contributed by atoms with Crippen LogP contribution >= 0.6 is 11.6 Å². The lowest BCUT2D eigenvalue weighted by Gasteiger charge is -2.15. The number of benzene rings is 2. The van der Waals surface area contributed by atoms with Crippen LogP contribution in [-0.4, -0.2) is 10.4 Å². The van der Waals surface area contributed by atoms with Crippen molar-refractivity contribution in [2.24, 2.45) is 5.16 Å². The quantitative estimate of drug-likeness (QED) is 0.501. The second-order valence-corrected chi connectivity index (χ2v) is 4.56. The highest BCUT2D eigenvalue weighted by atomic mass is 35.5. The Morgan fingerprint density at radius 1 is 1.00 bits per heavy atom. The predicted octanol–water partition coefficient (Wildman–Crippen LogP) is 4.15. The van der Waals surface area contributed by atoms with E-state index in [1.54, 1.807) is 0 Å². The third-order valence-electron chi connectivity index (χ3n) is 2.88. The van der Waals surface area contributed by atoms with Gasteiger partial charge < -0.3 is 5.21 Å². The molecule has 0 aliphatic rings. The number of nitrogens with zero attached hydrogens (tertiary/aromatic N) is 1. The lowest BCUT2D eigenvalue weighted by Crippen LogP contribution is -2.09. The summed E-state index contributed by atoms with van der Waals surface area (Å²) in [6.45, 7) is 2.03. The molecule has 3 heteroatoms. The summed E-state index contributed by atoms with van der Waals surface area (Å²) in [5, 5.41) is 12.3. The zero-order valence-corrected chi connectivity index (χ0v) is 10.8. The van der Waals surface area contributed by atoms with Crippen LogP contribution in [0.25, 0.3) is 0 Å². The Bertz CT molecular complexity index is 534. The van der Waals surface area contributed by atoms with Crippen LogP contribution in [0.3, 0.4) is 0 Å². The molecule has 92 valence electrons. The number of hydrogen-bond acceptors (Lipinski definition) is 2. The minimum atomic E-state index is -0.224. The van der Waals surface area contributed by atoms with Crippen molar-refractivity contribution in [2.75, 3.05) is 0 Å². The van der Waals surface area contributed by atoms with E-state index < -0.39 is 0 Å². The van der Waals surface area contributed by atoms with Gasteiger partial charge in [0.05, 0.1) is 5.92 Å². The number of rotatable bonds is 3. The lowest BCUT2D eigenvalue weighted by atomic mass is 9.92. The fourth-order valence-electron chi connectivity index (χ4n) is 1.93. The van der Waals surface area contributed by atoms with Crippen LogP contribution in [0.4, 0.5) is 0 Å². The molecular formula is C15H14ClNO. The average molecular weight is 260 g/mol. The normalized spacial score (nSPS) is 13.3. The van der Waals surface area contributed by atoms with E-state index in [2.05, 4.69) is 5.16 Å². The molecule has 18 heavy (non-hydrogen) atoms. The van der Waals surface area contributed by atoms with Crippen molar-refractivity contribution < 1.29 is 5.21 Å². The van der Waals surface area contributed by atoms with E-state index in [-0.39, 0.29) is 11.1 Å². The molecule has 2 aromatic carbocycles. The second kappa shape index (κ2) is 5.69. The van der Waals surface area contributed by atoms with E-state index in [0.29, 0.717) is 0 Å². The molecule has 0 aliphatic heterocycles. The maximum atomic E-state index is 8.94. The fraction of sp³-hybridized carbons (Fsp3) is 0.133. The molecule has 0 radical (unpaired) electrons. The molecule has 1 unspecified atom stereocenters. The molecule has 0 heterocycles. The molecule has 0 amide bonds. The number of halogens is 1. The van der Waals surface area contributed by atoms with E-state index in [4.69, 9.17) is 16.8 Å². The van der Waals surface area contributed by atoms with Crippen molar-refractivity contribution >= 4 is 16.8 Å². The summed E-state index contributed by atoms with van der Waals surface area (Å²) in [6, 6.07) is 17.8. The molecular weight excluding hydrogens is 246 g/mol. The molecule has 2 rings (SSSR count). The summed E-state index contributed by atoms with van der Waals surface area (Å²) in [5.41, 5.74) is 3.20. The van der Waals surface area contributed by atoms with Crippen LogP contribution in [-0.2, 0) is 0 Å². The van der Waals surface area contributed by atoms with Crippen molar-refractivity contribution in [1.82, 2.24) is 0 Å². The van der Waals surface area contributed by atoms with E-state index in [0.717, 1.165) is 11.1 Å². The molecule has 2 nitrogen and oxygen atoms in total. The zero-order chi connectivity index (χ0) is 13.0. The van der Waals surface area contributed by atoms with Gasteiger partial charge >= 0.3 is 0 Å². The second-order valence-electron chi connectivity index (χ2n) is 4.18. The molecule has 0 saturated heterocycles. The van der Waals surface area contributed by atoms with Crippen molar-refractivity contribution in [1.29, 1.82) is 0 Å². The summed E-state index contributed by atoms with van der Waals surface area (Å²) in [5.74, 6) is -0.224. The van der Waals surface area contributed by atoms with Crippen LogP contribution in [0.2, 0.25) is 0 Å². The van der Waals surface area contributed by atoms with Gasteiger partial charge in [-0.2, -0.15) is 0 Å². The molecule has 0 aromatic heterocycles. The first-order chi connectivity index (χ1) is 8.72. The Morgan fingerprint density at radius 2 is 1.56 bits per heavy atom. The van der Waals surface area contributed by atoms with Crippen LogP contribution in [0, 0.1) is 6.92 Å². The number of oxime groups is 1. The molecule has 1 N–H and O–H groups in total. The Labute approximate surface area is 112 Å². The summed E-state index contributed by atoms with van der Waals surface area (Å²) in [6.07, 6.45) is 0. The Kier molecular flexibility index (Phi) is 4.00. The standard InChI is InChI=1S/C15H14ClNO/c1-11-7-9-13(10-8-11)14(15(16)17-18)12-5-3-2-4-6-12/h2-10,14,18H,1H3/b17-15-. The van der Waals surface area contributed by atoms with E-state index in [1.165, 1.54) is 5.56 Å². The zero-order valence-electron chi connectivity index (χ0n) is 10.0. The first kappa shape index (κ1) is 12.7. The molecule has 1 atom stereocenters. The molecule has 0 spiro atoms. The van der Waals surface area contributed by atoms with E-state index >= 15 is 0 Å². The molecule has 0 bridgehead atoms. The number of hydrogen-bond donors (Lipinski definition) is 1. The molecule has 0 fully saturated rings. The van der Waals surface area contributed by atoms with E-state index in [1.807, 2.05) is 61.5 Å². The maximum Gasteiger partial charge on any atom is 0.157 e. The molecule has 2 aromatic rings. The lowest BCUT2D eigenvalue weighted by molar-refractivity contribution is 0.319. The van der Waals surface area contributed by atoms with Crippen LogP contribution < -0.4 is 0 Å². The fourth-order valence-corrected chi connectivity index (χ4v) is 2.18. The Balaban J connectivity index is 2.47. The van der Waals surface area contributed by atoms with Crippen molar-refractivity contribution in [3.05, 3.63) is 71.3 Å². The van der Waals surface area contributed by atoms with Gasteiger partial charge in [0.2, 0.25) is 0 Å². The Morgan fingerprint density at radius 3 is 2.11 bits per heavy atom. The average Bonchev–Trinajstić information content (AvgIpc) is 2.42. The van der Waals surface area contributed by atoms with Gasteiger partial charge in [0.25, 0.3) is 0 Å². The van der Waals surface area contributed by atoms with Crippen molar-refractivity contribution in [2.45, 2.75) is 12.8 Å². The number of aryl methyl sites for hydroxylation is 1.